The van der Waals surface area contributed by atoms with Gasteiger partial charge in [-0.05, 0) is 32.7 Å². The third kappa shape index (κ3) is 4.49. The molecular formula is C12H18F6N2O. The smallest absolute Gasteiger partial charge is 0.342 e. The topological polar surface area (TPSA) is 32.3 Å². The molecule has 21 heavy (non-hydrogen) atoms. The van der Waals surface area contributed by atoms with Gasteiger partial charge in [-0.1, -0.05) is 0 Å². The van der Waals surface area contributed by atoms with Crippen LogP contribution in [-0.4, -0.2) is 49.3 Å². The summed E-state index contributed by atoms with van der Waals surface area (Å²) in [5, 5.41) is 3.00. The molecular weight excluding hydrogens is 302 g/mol. The normalized spacial score (nSPS) is 24.2. The number of alkyl halides is 6. The van der Waals surface area contributed by atoms with Gasteiger partial charge < -0.3 is 10.2 Å². The van der Waals surface area contributed by atoms with Crippen molar-refractivity contribution in [3.8, 4) is 0 Å². The number of nitrogens with zero attached hydrogens (tertiary/aromatic N) is 1. The van der Waals surface area contributed by atoms with E-state index in [1.165, 1.54) is 0 Å². The number of carbonyl (C=O) groups is 1. The largest absolute Gasteiger partial charge is 0.409 e. The summed E-state index contributed by atoms with van der Waals surface area (Å²) in [5.41, 5.74) is 0. The number of hydrogen-bond donors (Lipinski definition) is 1. The van der Waals surface area contributed by atoms with Crippen molar-refractivity contribution in [2.45, 2.75) is 50.1 Å². The van der Waals surface area contributed by atoms with Crippen molar-refractivity contribution in [3.63, 3.8) is 0 Å². The zero-order valence-electron chi connectivity index (χ0n) is 11.7. The fourth-order valence-electron chi connectivity index (χ4n) is 2.60. The Labute approximate surface area is 118 Å². The van der Waals surface area contributed by atoms with E-state index in [2.05, 4.69) is 5.32 Å². The lowest BCUT2D eigenvalue weighted by molar-refractivity contribution is -0.277. The van der Waals surface area contributed by atoms with Crippen molar-refractivity contribution in [2.24, 2.45) is 5.92 Å². The van der Waals surface area contributed by atoms with E-state index in [1.54, 1.807) is 7.05 Å². The Bertz CT molecular complexity index is 346. The average Bonchev–Trinajstić information content (AvgIpc) is 2.34. The van der Waals surface area contributed by atoms with Gasteiger partial charge in [0.25, 0.3) is 0 Å². The van der Waals surface area contributed by atoms with E-state index >= 15 is 0 Å². The van der Waals surface area contributed by atoms with Crippen molar-refractivity contribution in [1.82, 2.24) is 10.2 Å². The molecule has 1 saturated carbocycles. The lowest BCUT2D eigenvalue weighted by Crippen LogP contribution is -2.52. The van der Waals surface area contributed by atoms with Crippen molar-refractivity contribution in [3.05, 3.63) is 0 Å². The summed E-state index contributed by atoms with van der Waals surface area (Å²) < 4.78 is 75.2. The summed E-state index contributed by atoms with van der Waals surface area (Å²) in [4.78, 5) is 12.3. The summed E-state index contributed by atoms with van der Waals surface area (Å²) >= 11 is 0. The maximum atomic E-state index is 12.5. The van der Waals surface area contributed by atoms with Crippen LogP contribution in [0.15, 0.2) is 0 Å². The van der Waals surface area contributed by atoms with Gasteiger partial charge in [0.2, 0.25) is 11.8 Å². The second-order valence-corrected chi connectivity index (χ2v) is 5.26. The predicted molar refractivity (Wildman–Crippen MR) is 63.5 cm³/mol. The summed E-state index contributed by atoms with van der Waals surface area (Å²) in [6.45, 7) is 0. The summed E-state index contributed by atoms with van der Waals surface area (Å²) in [7, 11) is 2.75. The summed E-state index contributed by atoms with van der Waals surface area (Å²) in [6.07, 6.45) is -9.27. The number of hydrogen-bond acceptors (Lipinski definition) is 2. The molecule has 1 N–H and O–H groups in total. The van der Waals surface area contributed by atoms with Crippen LogP contribution in [0, 0.1) is 5.92 Å². The number of carbonyl (C=O) groups excluding carboxylic acids is 1. The SMILES string of the molecule is CNC1CCC(N(C)C(=O)C(C(F)(F)F)C(F)(F)F)CC1. The van der Waals surface area contributed by atoms with Crippen LogP contribution in [0.25, 0.3) is 0 Å². The summed E-state index contributed by atoms with van der Waals surface area (Å²) in [6, 6.07) is -0.403. The number of rotatable bonds is 3. The van der Waals surface area contributed by atoms with Crippen LogP contribution in [-0.2, 0) is 4.79 Å². The zero-order chi connectivity index (χ0) is 16.4. The molecule has 1 rings (SSSR count). The highest BCUT2D eigenvalue weighted by Gasteiger charge is 2.62. The van der Waals surface area contributed by atoms with Gasteiger partial charge in [-0.15, -0.1) is 0 Å². The first-order valence-corrected chi connectivity index (χ1v) is 6.55. The first-order valence-electron chi connectivity index (χ1n) is 6.55. The van der Waals surface area contributed by atoms with Crippen LogP contribution in [0.5, 0.6) is 0 Å². The Morgan fingerprint density at radius 2 is 1.48 bits per heavy atom. The molecule has 0 heterocycles. The molecule has 0 radical (unpaired) electrons. The van der Waals surface area contributed by atoms with E-state index in [4.69, 9.17) is 0 Å². The molecule has 1 aliphatic rings. The van der Waals surface area contributed by atoms with E-state index in [0.29, 0.717) is 30.6 Å². The molecule has 0 bridgehead atoms. The van der Waals surface area contributed by atoms with Crippen LogP contribution >= 0.6 is 0 Å². The Kier molecular flexibility index (Phi) is 5.51. The molecule has 1 fully saturated rings. The second kappa shape index (κ2) is 6.41. The molecule has 0 unspecified atom stereocenters. The minimum absolute atomic E-state index is 0.186. The minimum atomic E-state index is -5.63. The van der Waals surface area contributed by atoms with E-state index in [1.807, 2.05) is 0 Å². The Balaban J connectivity index is 2.81. The zero-order valence-corrected chi connectivity index (χ0v) is 11.7. The average molecular weight is 320 g/mol. The molecule has 3 nitrogen and oxygen atoms in total. The van der Waals surface area contributed by atoms with E-state index in [9.17, 15) is 31.1 Å². The van der Waals surface area contributed by atoms with Gasteiger partial charge in [-0.3, -0.25) is 4.79 Å². The van der Waals surface area contributed by atoms with E-state index in [0.717, 1.165) is 7.05 Å². The van der Waals surface area contributed by atoms with Crippen molar-refractivity contribution < 1.29 is 31.1 Å². The van der Waals surface area contributed by atoms with Crippen LogP contribution in [0.4, 0.5) is 26.3 Å². The van der Waals surface area contributed by atoms with E-state index < -0.39 is 30.2 Å². The standard InChI is InChI=1S/C12H18F6N2O/c1-19-7-3-5-8(6-4-7)20(2)10(21)9(11(13,14)15)12(16,17)18/h7-9,19H,3-6H2,1-2H3. The van der Waals surface area contributed by atoms with Gasteiger partial charge in [-0.2, -0.15) is 26.3 Å². The molecule has 0 atom stereocenters. The molecule has 0 aromatic rings. The maximum absolute atomic E-state index is 12.5. The highest BCUT2D eigenvalue weighted by atomic mass is 19.4. The van der Waals surface area contributed by atoms with Gasteiger partial charge in [0.1, 0.15) is 0 Å². The molecule has 0 spiro atoms. The van der Waals surface area contributed by atoms with Gasteiger partial charge in [0.15, 0.2) is 0 Å². The third-order valence-corrected chi connectivity index (χ3v) is 3.90. The van der Waals surface area contributed by atoms with Crippen LogP contribution in [0.3, 0.4) is 0 Å². The first kappa shape index (κ1) is 18.1. The predicted octanol–water partition coefficient (Wildman–Crippen LogP) is 2.72. The van der Waals surface area contributed by atoms with Gasteiger partial charge >= 0.3 is 12.4 Å². The fourth-order valence-corrected chi connectivity index (χ4v) is 2.60. The number of amides is 1. The lowest BCUT2D eigenvalue weighted by atomic mass is 9.90. The van der Waals surface area contributed by atoms with Crippen LogP contribution in [0.2, 0.25) is 0 Å². The highest BCUT2D eigenvalue weighted by molar-refractivity contribution is 5.80. The van der Waals surface area contributed by atoms with Gasteiger partial charge in [0, 0.05) is 19.1 Å². The number of nitrogens with one attached hydrogen (secondary N) is 1. The Hall–Kier alpha value is -0.990. The van der Waals surface area contributed by atoms with Gasteiger partial charge in [-0.25, -0.2) is 0 Å². The monoisotopic (exact) mass is 320 g/mol. The molecule has 9 heteroatoms. The van der Waals surface area contributed by atoms with Crippen LogP contribution in [0.1, 0.15) is 25.7 Å². The molecule has 0 aromatic heterocycles. The van der Waals surface area contributed by atoms with Crippen molar-refractivity contribution in [2.75, 3.05) is 14.1 Å². The minimum Gasteiger partial charge on any atom is -0.342 e. The molecule has 124 valence electrons. The summed E-state index contributed by atoms with van der Waals surface area (Å²) in [5.74, 6) is -5.88. The fraction of sp³-hybridized carbons (Fsp3) is 0.917. The Morgan fingerprint density at radius 1 is 1.05 bits per heavy atom. The second-order valence-electron chi connectivity index (χ2n) is 5.26. The quantitative estimate of drug-likeness (QED) is 0.811. The van der Waals surface area contributed by atoms with Crippen molar-refractivity contribution >= 4 is 5.91 Å². The van der Waals surface area contributed by atoms with Crippen molar-refractivity contribution in [1.29, 1.82) is 0 Å². The van der Waals surface area contributed by atoms with Gasteiger partial charge in [0.05, 0.1) is 0 Å². The number of halogens is 6. The third-order valence-electron chi connectivity index (χ3n) is 3.90. The molecule has 1 aliphatic carbocycles. The van der Waals surface area contributed by atoms with Crippen LogP contribution < -0.4 is 5.32 Å². The molecule has 0 saturated heterocycles. The van der Waals surface area contributed by atoms with E-state index in [-0.39, 0.29) is 6.04 Å². The highest BCUT2D eigenvalue weighted by Crippen LogP contribution is 2.41. The molecule has 0 aliphatic heterocycles. The lowest BCUT2D eigenvalue weighted by Gasteiger charge is -2.36. The molecule has 1 amide bonds. The first-order chi connectivity index (χ1) is 9.48. The molecule has 0 aromatic carbocycles. The maximum Gasteiger partial charge on any atom is 0.409 e. The Morgan fingerprint density at radius 3 is 1.81 bits per heavy atom.